The molecule has 0 aliphatic heterocycles. The van der Waals surface area contributed by atoms with E-state index in [1.165, 1.54) is 6.07 Å². The Bertz CT molecular complexity index is 721. The van der Waals surface area contributed by atoms with Crippen LogP contribution in [-0.4, -0.2) is 0 Å². The number of hydrogen-bond donors (Lipinski definition) is 1. The van der Waals surface area contributed by atoms with Gasteiger partial charge in [0.25, 0.3) is 0 Å². The van der Waals surface area contributed by atoms with E-state index in [4.69, 9.17) is 5.26 Å². The lowest BCUT2D eigenvalue weighted by molar-refractivity contribution is -0.137. The molecule has 2 rings (SSSR count). The van der Waals surface area contributed by atoms with Gasteiger partial charge >= 0.3 is 6.18 Å². The normalized spacial score (nSPS) is 11.0. The molecule has 0 saturated carbocycles. The molecule has 2 nitrogen and oxygen atoms in total. The number of rotatable bonds is 2. The molecule has 0 fully saturated rings. The van der Waals surface area contributed by atoms with E-state index in [1.807, 2.05) is 6.07 Å². The second-order valence-electron chi connectivity index (χ2n) is 4.12. The van der Waals surface area contributed by atoms with Crippen LogP contribution in [0.3, 0.4) is 0 Å². The Kier molecular flexibility index (Phi) is 4.59. The molecule has 0 aliphatic rings. The third-order valence-electron chi connectivity index (χ3n) is 2.67. The molecule has 0 atom stereocenters. The van der Waals surface area contributed by atoms with Crippen molar-refractivity contribution in [2.45, 2.75) is 6.18 Å². The summed E-state index contributed by atoms with van der Waals surface area (Å²) in [6.07, 6.45) is -4.42. The van der Waals surface area contributed by atoms with E-state index < -0.39 is 11.7 Å². The van der Waals surface area contributed by atoms with Crippen LogP contribution in [0.5, 0.6) is 0 Å². The van der Waals surface area contributed by atoms with Gasteiger partial charge in [-0.3, -0.25) is 0 Å². The Balaban J connectivity index is 2.45. The highest BCUT2D eigenvalue weighted by Crippen LogP contribution is 2.35. The maximum atomic E-state index is 12.7. The van der Waals surface area contributed by atoms with Crippen molar-refractivity contribution in [3.63, 3.8) is 0 Å². The molecule has 0 saturated heterocycles. The van der Waals surface area contributed by atoms with E-state index in [2.05, 4.69) is 37.2 Å². The van der Waals surface area contributed by atoms with Crippen molar-refractivity contribution in [2.24, 2.45) is 0 Å². The Morgan fingerprint density at radius 3 is 2.33 bits per heavy atom. The summed E-state index contributed by atoms with van der Waals surface area (Å²) in [5.41, 5.74) is 0.232. The van der Waals surface area contributed by atoms with Crippen LogP contribution in [-0.2, 0) is 6.18 Å². The number of benzene rings is 2. The molecule has 0 aliphatic carbocycles. The number of nitrogens with zero attached hydrogens (tertiary/aromatic N) is 1. The molecule has 2 aromatic rings. The largest absolute Gasteiger partial charge is 0.416 e. The van der Waals surface area contributed by atoms with E-state index in [9.17, 15) is 13.2 Å². The second kappa shape index (κ2) is 6.08. The molecule has 7 heteroatoms. The van der Waals surface area contributed by atoms with Gasteiger partial charge in [-0.25, -0.2) is 0 Å². The summed E-state index contributed by atoms with van der Waals surface area (Å²) in [5.74, 6) is 0. The fraction of sp³-hybridized carbons (Fsp3) is 0.0714. The fourth-order valence-electron chi connectivity index (χ4n) is 1.66. The summed E-state index contributed by atoms with van der Waals surface area (Å²) in [6, 6.07) is 10.2. The summed E-state index contributed by atoms with van der Waals surface area (Å²) < 4.78 is 39.4. The number of halogens is 5. The van der Waals surface area contributed by atoms with Gasteiger partial charge in [-0.05, 0) is 52.3 Å². The predicted molar refractivity (Wildman–Crippen MR) is 81.3 cm³/mol. The van der Waals surface area contributed by atoms with E-state index in [0.29, 0.717) is 20.2 Å². The highest BCUT2D eigenvalue weighted by Gasteiger charge is 2.31. The van der Waals surface area contributed by atoms with Gasteiger partial charge in [0.2, 0.25) is 0 Å². The maximum absolute atomic E-state index is 12.7. The van der Waals surface area contributed by atoms with Crippen LogP contribution in [0.2, 0.25) is 0 Å². The zero-order valence-electron chi connectivity index (χ0n) is 10.3. The molecule has 0 bridgehead atoms. The van der Waals surface area contributed by atoms with Crippen LogP contribution in [0, 0.1) is 11.3 Å². The molecule has 21 heavy (non-hydrogen) atoms. The van der Waals surface area contributed by atoms with E-state index in [1.54, 1.807) is 18.2 Å². The summed E-state index contributed by atoms with van der Waals surface area (Å²) in [7, 11) is 0. The minimum absolute atomic E-state index is 0.236. The first-order chi connectivity index (χ1) is 9.81. The monoisotopic (exact) mass is 418 g/mol. The molecular formula is C14H7Br2F3N2. The molecule has 0 radical (unpaired) electrons. The maximum Gasteiger partial charge on any atom is 0.416 e. The molecule has 0 aromatic heterocycles. The average Bonchev–Trinajstić information content (AvgIpc) is 2.40. The van der Waals surface area contributed by atoms with Crippen LogP contribution < -0.4 is 5.32 Å². The third kappa shape index (κ3) is 3.77. The van der Waals surface area contributed by atoms with Gasteiger partial charge in [0, 0.05) is 8.95 Å². The van der Waals surface area contributed by atoms with Crippen molar-refractivity contribution in [3.8, 4) is 6.07 Å². The van der Waals surface area contributed by atoms with Gasteiger partial charge in [0.1, 0.15) is 6.07 Å². The van der Waals surface area contributed by atoms with Crippen molar-refractivity contribution >= 4 is 43.2 Å². The van der Waals surface area contributed by atoms with Gasteiger partial charge in [0.15, 0.2) is 0 Å². The first-order valence-corrected chi connectivity index (χ1v) is 7.23. The van der Waals surface area contributed by atoms with Gasteiger partial charge in [-0.1, -0.05) is 15.9 Å². The van der Waals surface area contributed by atoms with Crippen molar-refractivity contribution in [3.05, 3.63) is 56.5 Å². The van der Waals surface area contributed by atoms with Crippen molar-refractivity contribution in [1.29, 1.82) is 5.26 Å². The Morgan fingerprint density at radius 2 is 1.71 bits per heavy atom. The molecule has 0 unspecified atom stereocenters. The fourth-order valence-corrected chi connectivity index (χ4v) is 2.37. The lowest BCUT2D eigenvalue weighted by Gasteiger charge is -2.13. The van der Waals surface area contributed by atoms with E-state index in [-0.39, 0.29) is 5.69 Å². The zero-order valence-corrected chi connectivity index (χ0v) is 13.5. The Labute approximate surface area is 135 Å². The van der Waals surface area contributed by atoms with Gasteiger partial charge in [-0.15, -0.1) is 0 Å². The lowest BCUT2D eigenvalue weighted by Crippen LogP contribution is -2.06. The number of nitriles is 1. The minimum Gasteiger partial charge on any atom is -0.353 e. The minimum atomic E-state index is -4.42. The first kappa shape index (κ1) is 15.9. The summed E-state index contributed by atoms with van der Waals surface area (Å²) in [6.45, 7) is 0. The molecule has 0 heterocycles. The number of hydrogen-bond acceptors (Lipinski definition) is 2. The SMILES string of the molecule is N#Cc1ccc(Br)cc1Nc1cc(C(F)(F)F)ccc1Br. The van der Waals surface area contributed by atoms with Crippen molar-refractivity contribution in [2.75, 3.05) is 5.32 Å². The number of nitrogens with one attached hydrogen (secondary N) is 1. The van der Waals surface area contributed by atoms with Crippen LogP contribution in [0.4, 0.5) is 24.5 Å². The molecule has 108 valence electrons. The van der Waals surface area contributed by atoms with Crippen LogP contribution in [0.1, 0.15) is 11.1 Å². The molecular weight excluding hydrogens is 413 g/mol. The van der Waals surface area contributed by atoms with Crippen molar-refractivity contribution in [1.82, 2.24) is 0 Å². The quantitative estimate of drug-likeness (QED) is 0.663. The predicted octanol–water partition coefficient (Wildman–Crippen LogP) is 5.85. The first-order valence-electron chi connectivity index (χ1n) is 5.64. The summed E-state index contributed by atoms with van der Waals surface area (Å²) in [5, 5.41) is 11.9. The zero-order chi connectivity index (χ0) is 15.6. The van der Waals surface area contributed by atoms with Crippen LogP contribution in [0.25, 0.3) is 0 Å². The standard InChI is InChI=1S/C14H7Br2F3N2/c15-10-3-1-8(7-20)12(6-10)21-13-5-9(14(17,18)19)2-4-11(13)16/h1-6,21H. The van der Waals surface area contributed by atoms with E-state index in [0.717, 1.165) is 12.1 Å². The van der Waals surface area contributed by atoms with Crippen LogP contribution >= 0.6 is 31.9 Å². The number of anilines is 2. The van der Waals surface area contributed by atoms with E-state index >= 15 is 0 Å². The second-order valence-corrected chi connectivity index (χ2v) is 5.89. The highest BCUT2D eigenvalue weighted by atomic mass is 79.9. The van der Waals surface area contributed by atoms with Gasteiger partial charge in [0.05, 0.1) is 22.5 Å². The lowest BCUT2D eigenvalue weighted by atomic mass is 10.1. The van der Waals surface area contributed by atoms with Gasteiger partial charge < -0.3 is 5.32 Å². The van der Waals surface area contributed by atoms with Crippen molar-refractivity contribution < 1.29 is 13.2 Å². The summed E-state index contributed by atoms with van der Waals surface area (Å²) in [4.78, 5) is 0. The number of alkyl halides is 3. The average molecular weight is 420 g/mol. The molecule has 0 spiro atoms. The third-order valence-corrected chi connectivity index (χ3v) is 3.85. The topological polar surface area (TPSA) is 35.8 Å². The molecule has 2 aromatic carbocycles. The van der Waals surface area contributed by atoms with Gasteiger partial charge in [-0.2, -0.15) is 18.4 Å². The smallest absolute Gasteiger partial charge is 0.353 e. The Morgan fingerprint density at radius 1 is 1.00 bits per heavy atom. The molecule has 0 amide bonds. The highest BCUT2D eigenvalue weighted by molar-refractivity contribution is 9.10. The Hall–Kier alpha value is -1.52. The molecule has 1 N–H and O–H groups in total. The summed E-state index contributed by atoms with van der Waals surface area (Å²) >= 11 is 6.46. The van der Waals surface area contributed by atoms with Crippen LogP contribution in [0.15, 0.2) is 45.3 Å².